The van der Waals surface area contributed by atoms with Crippen molar-refractivity contribution in [1.82, 2.24) is 10.2 Å². The van der Waals surface area contributed by atoms with Crippen molar-refractivity contribution in [3.05, 3.63) is 52.5 Å². The van der Waals surface area contributed by atoms with E-state index in [0.717, 1.165) is 22.6 Å². The van der Waals surface area contributed by atoms with Crippen molar-refractivity contribution in [3.8, 4) is 17.7 Å². The number of aromatic nitrogens is 2. The molecule has 118 valence electrons. The first-order valence-electron chi connectivity index (χ1n) is 6.97. The Labute approximate surface area is 133 Å². The van der Waals surface area contributed by atoms with E-state index in [0.29, 0.717) is 18.1 Å². The zero-order chi connectivity index (χ0) is 16.4. The minimum absolute atomic E-state index is 0.0660. The first kappa shape index (κ1) is 14.9. The number of nitrogens with two attached hydrogens (primary N) is 1. The van der Waals surface area contributed by atoms with Crippen LogP contribution in [0.5, 0.6) is 11.6 Å². The van der Waals surface area contributed by atoms with Gasteiger partial charge in [-0.1, -0.05) is 12.1 Å². The van der Waals surface area contributed by atoms with Crippen LogP contribution < -0.4 is 15.2 Å². The summed E-state index contributed by atoms with van der Waals surface area (Å²) in [6, 6.07) is 9.62. The van der Waals surface area contributed by atoms with Crippen LogP contribution in [0.4, 0.5) is 0 Å². The Bertz CT molecular complexity index is 787. The van der Waals surface area contributed by atoms with Crippen molar-refractivity contribution in [1.29, 1.82) is 5.26 Å². The summed E-state index contributed by atoms with van der Waals surface area (Å²) in [5.74, 6) is 0.810. The third-order valence-electron chi connectivity index (χ3n) is 3.76. The molecule has 2 heterocycles. The maximum absolute atomic E-state index is 9.52. The van der Waals surface area contributed by atoms with Crippen molar-refractivity contribution >= 4 is 0 Å². The molecular weight excluding hydrogens is 296 g/mol. The molecule has 1 aromatic carbocycles. The van der Waals surface area contributed by atoms with Gasteiger partial charge >= 0.3 is 0 Å². The van der Waals surface area contributed by atoms with Crippen LogP contribution in [0, 0.1) is 11.3 Å². The second-order valence-electron chi connectivity index (χ2n) is 5.05. The smallest absolute Gasteiger partial charge is 0.244 e. The monoisotopic (exact) mass is 312 g/mol. The first-order chi connectivity index (χ1) is 11.2. The number of fused-ring (bicyclic) bond motifs is 1. The normalized spacial score (nSPS) is 16.5. The number of methoxy groups -OCH3 is 2. The molecule has 7 nitrogen and oxygen atoms in total. The molecule has 0 saturated carbocycles. The summed E-state index contributed by atoms with van der Waals surface area (Å²) in [6.07, 6.45) is 0. The fourth-order valence-electron chi connectivity index (χ4n) is 2.69. The molecule has 0 spiro atoms. The molecule has 1 aliphatic rings. The van der Waals surface area contributed by atoms with Crippen LogP contribution in [-0.4, -0.2) is 24.4 Å². The van der Waals surface area contributed by atoms with Gasteiger partial charge in [-0.2, -0.15) is 5.26 Å². The van der Waals surface area contributed by atoms with Crippen molar-refractivity contribution in [3.63, 3.8) is 0 Å². The van der Waals surface area contributed by atoms with Gasteiger partial charge in [0.25, 0.3) is 0 Å². The number of allylic oxidation sites excluding steroid dienone is 1. The lowest BCUT2D eigenvalue weighted by Gasteiger charge is -2.24. The van der Waals surface area contributed by atoms with Crippen LogP contribution in [-0.2, 0) is 11.3 Å². The van der Waals surface area contributed by atoms with E-state index in [2.05, 4.69) is 16.3 Å². The van der Waals surface area contributed by atoms with Gasteiger partial charge in [0, 0.05) is 7.11 Å². The van der Waals surface area contributed by atoms with E-state index in [4.69, 9.17) is 19.9 Å². The highest BCUT2D eigenvalue weighted by molar-refractivity contribution is 5.55. The molecule has 3 N–H and O–H groups in total. The third kappa shape index (κ3) is 2.49. The molecule has 7 heteroatoms. The van der Waals surface area contributed by atoms with E-state index >= 15 is 0 Å². The molecule has 0 saturated heterocycles. The molecule has 0 radical (unpaired) electrons. The molecule has 0 bridgehead atoms. The number of benzene rings is 1. The lowest BCUT2D eigenvalue weighted by molar-refractivity contribution is 0.180. The number of hydrogen-bond acceptors (Lipinski definition) is 6. The number of ether oxygens (including phenoxy) is 3. The van der Waals surface area contributed by atoms with Gasteiger partial charge in [-0.05, 0) is 17.7 Å². The molecule has 2 aromatic rings. The lowest BCUT2D eigenvalue weighted by atomic mass is 9.84. The lowest BCUT2D eigenvalue weighted by Crippen LogP contribution is -2.21. The Morgan fingerprint density at radius 2 is 2.09 bits per heavy atom. The van der Waals surface area contributed by atoms with Crippen molar-refractivity contribution in [2.75, 3.05) is 14.2 Å². The molecule has 3 rings (SSSR count). The fourth-order valence-corrected chi connectivity index (χ4v) is 2.69. The van der Waals surface area contributed by atoms with Crippen LogP contribution in [0.25, 0.3) is 0 Å². The van der Waals surface area contributed by atoms with Gasteiger partial charge in [0.15, 0.2) is 0 Å². The Kier molecular flexibility index (Phi) is 3.91. The molecular formula is C16H16N4O3. The molecule has 0 amide bonds. The molecule has 23 heavy (non-hydrogen) atoms. The van der Waals surface area contributed by atoms with Gasteiger partial charge in [-0.3, -0.25) is 5.10 Å². The highest BCUT2D eigenvalue weighted by Crippen LogP contribution is 2.43. The SMILES string of the molecule is COCc1[nH]nc2c1[C@H](c1ccc(OC)cc1)C(C#N)=C(N)O2. The largest absolute Gasteiger partial charge is 0.497 e. The molecule has 0 aliphatic carbocycles. The number of nitriles is 1. The molecule has 0 unspecified atom stereocenters. The summed E-state index contributed by atoms with van der Waals surface area (Å²) in [5.41, 5.74) is 8.66. The Morgan fingerprint density at radius 3 is 2.70 bits per heavy atom. The number of rotatable bonds is 4. The average molecular weight is 312 g/mol. The zero-order valence-electron chi connectivity index (χ0n) is 12.8. The minimum atomic E-state index is -0.362. The Balaban J connectivity index is 2.15. The molecule has 1 aliphatic heterocycles. The van der Waals surface area contributed by atoms with E-state index in [9.17, 15) is 5.26 Å². The van der Waals surface area contributed by atoms with Gasteiger partial charge in [0.1, 0.15) is 17.4 Å². The maximum Gasteiger partial charge on any atom is 0.244 e. The van der Waals surface area contributed by atoms with E-state index < -0.39 is 0 Å². The first-order valence-corrected chi connectivity index (χ1v) is 6.97. The zero-order valence-corrected chi connectivity index (χ0v) is 12.8. The minimum Gasteiger partial charge on any atom is -0.497 e. The van der Waals surface area contributed by atoms with Crippen molar-refractivity contribution in [2.24, 2.45) is 5.73 Å². The second-order valence-corrected chi connectivity index (χ2v) is 5.05. The quantitative estimate of drug-likeness (QED) is 0.891. The predicted molar refractivity (Wildman–Crippen MR) is 81.6 cm³/mol. The summed E-state index contributed by atoms with van der Waals surface area (Å²) in [5, 5.41) is 16.5. The van der Waals surface area contributed by atoms with E-state index in [1.807, 2.05) is 24.3 Å². The highest BCUT2D eigenvalue weighted by atomic mass is 16.5. The van der Waals surface area contributed by atoms with Crippen LogP contribution in [0.2, 0.25) is 0 Å². The van der Waals surface area contributed by atoms with Gasteiger partial charge in [-0.15, -0.1) is 5.10 Å². The summed E-state index contributed by atoms with van der Waals surface area (Å²) in [4.78, 5) is 0. The predicted octanol–water partition coefficient (Wildman–Crippen LogP) is 1.78. The summed E-state index contributed by atoms with van der Waals surface area (Å²) in [6.45, 7) is 0.330. The average Bonchev–Trinajstić information content (AvgIpc) is 2.96. The highest BCUT2D eigenvalue weighted by Gasteiger charge is 2.35. The van der Waals surface area contributed by atoms with Gasteiger partial charge in [0.2, 0.25) is 11.8 Å². The molecule has 0 fully saturated rings. The fraction of sp³-hybridized carbons (Fsp3) is 0.250. The van der Waals surface area contributed by atoms with E-state index in [-0.39, 0.29) is 11.8 Å². The van der Waals surface area contributed by atoms with Crippen LogP contribution in [0.15, 0.2) is 35.7 Å². The van der Waals surface area contributed by atoms with Crippen LogP contribution >= 0.6 is 0 Å². The number of nitrogens with zero attached hydrogens (tertiary/aromatic N) is 2. The third-order valence-corrected chi connectivity index (χ3v) is 3.76. The topological polar surface area (TPSA) is 106 Å². The van der Waals surface area contributed by atoms with E-state index in [1.165, 1.54) is 0 Å². The van der Waals surface area contributed by atoms with E-state index in [1.54, 1.807) is 14.2 Å². The number of aromatic amines is 1. The Morgan fingerprint density at radius 1 is 1.35 bits per heavy atom. The van der Waals surface area contributed by atoms with Crippen molar-refractivity contribution < 1.29 is 14.2 Å². The summed E-state index contributed by atoms with van der Waals surface area (Å²) in [7, 11) is 3.20. The Hall–Kier alpha value is -2.98. The number of hydrogen-bond donors (Lipinski definition) is 2. The number of H-pyrrole nitrogens is 1. The number of nitrogens with one attached hydrogen (secondary N) is 1. The molecule has 1 aromatic heterocycles. The maximum atomic E-state index is 9.52. The standard InChI is InChI=1S/C16H16N4O3/c1-21-8-12-14-13(9-3-5-10(22-2)6-4-9)11(7-17)15(18)23-16(14)20-19-12/h3-6,13H,8,18H2,1-2H3,(H,19,20)/t13-/m1/s1. The van der Waals surface area contributed by atoms with Crippen LogP contribution in [0.1, 0.15) is 22.7 Å². The van der Waals surface area contributed by atoms with Crippen molar-refractivity contribution in [2.45, 2.75) is 12.5 Å². The summed E-state index contributed by atoms with van der Waals surface area (Å²) < 4.78 is 15.8. The second kappa shape index (κ2) is 6.02. The van der Waals surface area contributed by atoms with Gasteiger partial charge in [-0.25, -0.2) is 0 Å². The van der Waals surface area contributed by atoms with Gasteiger partial charge < -0.3 is 19.9 Å². The summed E-state index contributed by atoms with van der Waals surface area (Å²) >= 11 is 0. The van der Waals surface area contributed by atoms with Crippen LogP contribution in [0.3, 0.4) is 0 Å². The molecule has 1 atom stereocenters. The van der Waals surface area contributed by atoms with Gasteiger partial charge in [0.05, 0.1) is 30.9 Å².